The summed E-state index contributed by atoms with van der Waals surface area (Å²) >= 11 is 5.78. The highest BCUT2D eigenvalue weighted by atomic mass is 35.5. The molecule has 1 heterocycles. The minimum absolute atomic E-state index is 0.0436. The van der Waals surface area contributed by atoms with Crippen LogP contribution in [0.15, 0.2) is 28.6 Å². The molecule has 0 aliphatic carbocycles. The second kappa shape index (κ2) is 8.12. The fourth-order valence-electron chi connectivity index (χ4n) is 2.81. The molecule has 0 aromatic heterocycles. The number of methoxy groups -OCH3 is 4. The molecule has 1 aliphatic rings. The highest BCUT2D eigenvalue weighted by Gasteiger charge is 2.47. The summed E-state index contributed by atoms with van der Waals surface area (Å²) in [5.41, 5.74) is 0.819. The Labute approximate surface area is 160 Å². The van der Waals surface area contributed by atoms with Gasteiger partial charge < -0.3 is 18.9 Å². The molecule has 1 aliphatic heterocycles. The molecule has 148 valence electrons. The number of ether oxygens (including phenoxy) is 4. The number of rotatable bonds is 5. The van der Waals surface area contributed by atoms with E-state index in [0.29, 0.717) is 16.9 Å². The lowest BCUT2D eigenvalue weighted by molar-refractivity contribution is -0.146. The highest BCUT2D eigenvalue weighted by molar-refractivity contribution is 6.66. The van der Waals surface area contributed by atoms with Crippen molar-refractivity contribution in [3.05, 3.63) is 34.7 Å². The normalized spacial score (nSPS) is 18.7. The van der Waals surface area contributed by atoms with Crippen molar-refractivity contribution in [1.29, 1.82) is 0 Å². The van der Waals surface area contributed by atoms with Gasteiger partial charge in [0.05, 0.1) is 34.6 Å². The minimum Gasteiger partial charge on any atom is -0.495 e. The lowest BCUT2D eigenvalue weighted by Gasteiger charge is -2.26. The summed E-state index contributed by atoms with van der Waals surface area (Å²) in [6.07, 6.45) is -2.18. The Balaban J connectivity index is 2.78. The van der Waals surface area contributed by atoms with E-state index in [-0.39, 0.29) is 22.8 Å². The van der Waals surface area contributed by atoms with E-state index in [1.807, 2.05) is 0 Å². The van der Waals surface area contributed by atoms with E-state index < -0.39 is 17.3 Å². The minimum atomic E-state index is -4.65. The third-order valence-corrected chi connectivity index (χ3v) is 4.38. The number of hydrogen-bond donors (Lipinski definition) is 0. The van der Waals surface area contributed by atoms with Crippen LogP contribution in [0.5, 0.6) is 17.2 Å². The summed E-state index contributed by atoms with van der Waals surface area (Å²) in [5.74, 6) is -1.27. The van der Waals surface area contributed by atoms with Crippen molar-refractivity contribution in [3.63, 3.8) is 0 Å². The van der Waals surface area contributed by atoms with Gasteiger partial charge in [-0.25, -0.2) is 4.99 Å². The lowest BCUT2D eigenvalue weighted by Crippen LogP contribution is -2.32. The Bertz CT molecular complexity index is 816. The van der Waals surface area contributed by atoms with Crippen LogP contribution in [0.4, 0.5) is 13.2 Å². The number of alkyl halides is 3. The summed E-state index contributed by atoms with van der Waals surface area (Å²) in [5, 5.41) is -0.591. The monoisotopic (exact) mass is 405 g/mol. The molecule has 9 heteroatoms. The first-order valence-electron chi connectivity index (χ1n) is 7.75. The molecule has 27 heavy (non-hydrogen) atoms. The van der Waals surface area contributed by atoms with E-state index in [0.717, 1.165) is 6.20 Å². The van der Waals surface area contributed by atoms with E-state index in [4.69, 9.17) is 30.5 Å². The van der Waals surface area contributed by atoms with Crippen molar-refractivity contribution >= 4 is 22.8 Å². The zero-order valence-electron chi connectivity index (χ0n) is 15.4. The predicted molar refractivity (Wildman–Crippen MR) is 96.7 cm³/mol. The van der Waals surface area contributed by atoms with E-state index in [1.165, 1.54) is 34.5 Å². The molecule has 0 saturated carbocycles. The van der Waals surface area contributed by atoms with Gasteiger partial charge >= 0.3 is 6.18 Å². The van der Waals surface area contributed by atoms with Crippen LogP contribution in [0.2, 0.25) is 0 Å². The molecule has 0 amide bonds. The van der Waals surface area contributed by atoms with E-state index in [1.54, 1.807) is 13.0 Å². The SMILES string of the molecule is COC1=CN=C(Cl)C(C(F)(F)F)C1=Cc1c(C)cc(OC)c(OC)c1OC. The van der Waals surface area contributed by atoms with Crippen LogP contribution in [0.1, 0.15) is 11.1 Å². The molecular weight excluding hydrogens is 387 g/mol. The largest absolute Gasteiger partial charge is 0.495 e. The smallest absolute Gasteiger partial charge is 0.402 e. The summed E-state index contributed by atoms with van der Waals surface area (Å²) in [6.45, 7) is 1.72. The first-order valence-corrected chi connectivity index (χ1v) is 8.12. The average Bonchev–Trinajstić information content (AvgIpc) is 2.61. The van der Waals surface area contributed by atoms with Crippen molar-refractivity contribution in [2.45, 2.75) is 13.1 Å². The van der Waals surface area contributed by atoms with Gasteiger partial charge in [-0.2, -0.15) is 13.2 Å². The summed E-state index contributed by atoms with van der Waals surface area (Å²) in [6, 6.07) is 1.64. The first kappa shape index (κ1) is 21.0. The van der Waals surface area contributed by atoms with Gasteiger partial charge in [-0.1, -0.05) is 11.6 Å². The molecule has 2 rings (SSSR count). The molecule has 1 unspecified atom stereocenters. The van der Waals surface area contributed by atoms with Crippen LogP contribution in [-0.4, -0.2) is 39.8 Å². The lowest BCUT2D eigenvalue weighted by atomic mass is 9.92. The average molecular weight is 406 g/mol. The molecule has 1 aromatic rings. The Morgan fingerprint density at radius 1 is 1.04 bits per heavy atom. The standard InChI is InChI=1S/C18H19ClF3NO4/c1-9-6-12(24-2)16(27-5)15(26-4)10(9)7-11-13(25-3)8-23-17(19)14(11)18(20,21)22/h6-8,14H,1-5H3. The molecule has 0 spiro atoms. The maximum absolute atomic E-state index is 13.6. The van der Waals surface area contributed by atoms with Crippen LogP contribution < -0.4 is 14.2 Å². The van der Waals surface area contributed by atoms with E-state index in [2.05, 4.69) is 4.99 Å². The Morgan fingerprint density at radius 3 is 2.15 bits per heavy atom. The Kier molecular flexibility index (Phi) is 6.30. The summed E-state index contributed by atoms with van der Waals surface area (Å²) in [4.78, 5) is 3.61. The van der Waals surface area contributed by atoms with Crippen molar-refractivity contribution in [2.24, 2.45) is 10.9 Å². The number of aryl methyl sites for hydroxylation is 1. The van der Waals surface area contributed by atoms with Gasteiger partial charge in [-0.3, -0.25) is 0 Å². The maximum Gasteiger partial charge on any atom is 0.402 e. The third kappa shape index (κ3) is 4.00. The van der Waals surface area contributed by atoms with Gasteiger partial charge in [-0.15, -0.1) is 0 Å². The van der Waals surface area contributed by atoms with E-state index >= 15 is 0 Å². The number of allylic oxidation sites excluding steroid dienone is 1. The number of aliphatic imine (C=N–C) groups is 1. The zero-order valence-corrected chi connectivity index (χ0v) is 16.2. The highest BCUT2D eigenvalue weighted by Crippen LogP contribution is 2.46. The summed E-state index contributed by atoms with van der Waals surface area (Å²) < 4.78 is 62.0. The maximum atomic E-state index is 13.6. The van der Waals surface area contributed by atoms with Crippen LogP contribution >= 0.6 is 11.6 Å². The van der Waals surface area contributed by atoms with Gasteiger partial charge in [0.2, 0.25) is 5.75 Å². The second-order valence-electron chi connectivity index (χ2n) is 5.60. The molecule has 1 aromatic carbocycles. The van der Waals surface area contributed by atoms with E-state index in [9.17, 15) is 13.2 Å². The molecule has 0 fully saturated rings. The third-order valence-electron chi connectivity index (χ3n) is 4.06. The molecule has 0 bridgehead atoms. The van der Waals surface area contributed by atoms with Gasteiger partial charge in [0.15, 0.2) is 11.5 Å². The number of nitrogens with zero attached hydrogens (tertiary/aromatic N) is 1. The quantitative estimate of drug-likeness (QED) is 0.711. The van der Waals surface area contributed by atoms with Gasteiger partial charge in [0.1, 0.15) is 16.8 Å². The first-order chi connectivity index (χ1) is 12.7. The molecule has 1 atom stereocenters. The van der Waals surface area contributed by atoms with Gasteiger partial charge in [-0.05, 0) is 24.6 Å². The Hall–Kier alpha value is -2.35. The zero-order chi connectivity index (χ0) is 20.4. The Morgan fingerprint density at radius 2 is 1.67 bits per heavy atom. The molecule has 0 N–H and O–H groups in total. The number of halogens is 4. The topological polar surface area (TPSA) is 49.3 Å². The van der Waals surface area contributed by atoms with Crippen molar-refractivity contribution in [1.82, 2.24) is 0 Å². The van der Waals surface area contributed by atoms with Gasteiger partial charge in [0, 0.05) is 11.1 Å². The van der Waals surface area contributed by atoms with Crippen LogP contribution in [0.3, 0.4) is 0 Å². The number of hydrogen-bond acceptors (Lipinski definition) is 5. The number of benzene rings is 1. The fraction of sp³-hybridized carbons (Fsp3) is 0.389. The fourth-order valence-corrected chi connectivity index (χ4v) is 3.10. The second-order valence-corrected chi connectivity index (χ2v) is 5.99. The molecule has 0 radical (unpaired) electrons. The molecule has 5 nitrogen and oxygen atoms in total. The van der Waals surface area contributed by atoms with Crippen LogP contribution in [0, 0.1) is 12.8 Å². The van der Waals surface area contributed by atoms with Crippen molar-refractivity contribution in [2.75, 3.05) is 28.4 Å². The molecular formula is C18H19ClF3NO4. The predicted octanol–water partition coefficient (Wildman–Crippen LogP) is 4.72. The van der Waals surface area contributed by atoms with Crippen LogP contribution in [-0.2, 0) is 4.74 Å². The van der Waals surface area contributed by atoms with Gasteiger partial charge in [0.25, 0.3) is 0 Å². The van der Waals surface area contributed by atoms with Crippen molar-refractivity contribution < 1.29 is 32.1 Å². The van der Waals surface area contributed by atoms with Crippen molar-refractivity contribution in [3.8, 4) is 17.2 Å². The summed E-state index contributed by atoms with van der Waals surface area (Å²) in [7, 11) is 5.52. The van der Waals surface area contributed by atoms with Crippen LogP contribution in [0.25, 0.3) is 6.08 Å². The molecule has 0 saturated heterocycles.